The van der Waals surface area contributed by atoms with Gasteiger partial charge >= 0.3 is 16.8 Å². The lowest BCUT2D eigenvalue weighted by atomic mass is 10.0. The monoisotopic (exact) mass is 349 g/mol. The van der Waals surface area contributed by atoms with Crippen LogP contribution in [0, 0.1) is 30.3 Å². The Morgan fingerprint density at radius 2 is 1.50 bits per heavy atom. The molecule has 24 heavy (non-hydrogen) atoms. The third-order valence-corrected chi connectivity index (χ3v) is 5.14. The zero-order valence-corrected chi connectivity index (χ0v) is 12.5. The van der Waals surface area contributed by atoms with Crippen molar-refractivity contribution >= 4 is 27.3 Å². The molecule has 2 unspecified atom stereocenters. The Kier molecular flexibility index (Phi) is 3.56. The van der Waals surface area contributed by atoms with E-state index in [4.69, 9.17) is 0 Å². The SMILES string of the molecule is O=[N+]([O-])C1=C([N+](=O)[O-])C([N+](=O)[O-])S(=O)c2cc3ccccc3cc21. The average molecular weight is 349 g/mol. The lowest BCUT2D eigenvalue weighted by molar-refractivity contribution is -0.538. The van der Waals surface area contributed by atoms with E-state index < -0.39 is 42.3 Å². The Morgan fingerprint density at radius 1 is 0.917 bits per heavy atom. The summed E-state index contributed by atoms with van der Waals surface area (Å²) in [7, 11) is -2.43. The van der Waals surface area contributed by atoms with Crippen LogP contribution in [0.3, 0.4) is 0 Å². The van der Waals surface area contributed by atoms with Crippen molar-refractivity contribution in [3.63, 3.8) is 0 Å². The summed E-state index contributed by atoms with van der Waals surface area (Å²) in [6, 6.07) is 9.24. The van der Waals surface area contributed by atoms with Crippen molar-refractivity contribution in [2.24, 2.45) is 0 Å². The minimum atomic E-state index is -2.43. The molecule has 0 radical (unpaired) electrons. The van der Waals surface area contributed by atoms with Crippen molar-refractivity contribution in [2.45, 2.75) is 10.3 Å². The molecule has 2 atom stereocenters. The predicted octanol–water partition coefficient (Wildman–Crippen LogP) is 1.79. The van der Waals surface area contributed by atoms with Crippen LogP contribution in [-0.4, -0.2) is 24.4 Å². The van der Waals surface area contributed by atoms with Gasteiger partial charge in [0.05, 0.1) is 20.3 Å². The van der Waals surface area contributed by atoms with Gasteiger partial charge in [0.1, 0.15) is 10.8 Å². The van der Waals surface area contributed by atoms with Crippen LogP contribution in [0.25, 0.3) is 16.5 Å². The van der Waals surface area contributed by atoms with E-state index in [2.05, 4.69) is 0 Å². The maximum absolute atomic E-state index is 12.5. The third-order valence-electron chi connectivity index (χ3n) is 3.57. The Bertz CT molecular complexity index is 985. The van der Waals surface area contributed by atoms with Gasteiger partial charge in [0.15, 0.2) is 0 Å². The lowest BCUT2D eigenvalue weighted by Gasteiger charge is -2.16. The van der Waals surface area contributed by atoms with Crippen LogP contribution >= 0.6 is 0 Å². The summed E-state index contributed by atoms with van der Waals surface area (Å²) in [6.07, 6.45) is 0. The normalized spacial score (nSPS) is 19.8. The molecule has 1 aliphatic heterocycles. The molecule has 0 saturated heterocycles. The summed E-state index contributed by atoms with van der Waals surface area (Å²) in [6.45, 7) is 0. The summed E-state index contributed by atoms with van der Waals surface area (Å²) in [5.74, 6) is 0. The number of hydrogen-bond acceptors (Lipinski definition) is 7. The van der Waals surface area contributed by atoms with Crippen molar-refractivity contribution in [1.82, 2.24) is 0 Å². The second-order valence-corrected chi connectivity index (χ2v) is 6.36. The molecule has 0 aliphatic carbocycles. The molecule has 2 aromatic carbocycles. The van der Waals surface area contributed by atoms with Gasteiger partial charge in [-0.1, -0.05) is 24.3 Å². The van der Waals surface area contributed by atoms with Crippen LogP contribution in [0.1, 0.15) is 5.56 Å². The van der Waals surface area contributed by atoms with Gasteiger partial charge < -0.3 is 0 Å². The number of nitrogens with zero attached hydrogens (tertiary/aromatic N) is 3. The van der Waals surface area contributed by atoms with Crippen molar-refractivity contribution in [3.05, 3.63) is 78.0 Å². The van der Waals surface area contributed by atoms with E-state index in [1.165, 1.54) is 12.1 Å². The fourth-order valence-corrected chi connectivity index (χ4v) is 4.01. The Balaban J connectivity index is 2.46. The second kappa shape index (κ2) is 5.45. The zero-order valence-electron chi connectivity index (χ0n) is 11.6. The van der Waals surface area contributed by atoms with Gasteiger partial charge in [0.25, 0.3) is 0 Å². The van der Waals surface area contributed by atoms with Gasteiger partial charge in [0.2, 0.25) is 0 Å². The molecular formula is C13H7N3O7S. The van der Waals surface area contributed by atoms with Gasteiger partial charge in [-0.2, -0.15) is 0 Å². The number of fused-ring (bicyclic) bond motifs is 2. The van der Waals surface area contributed by atoms with Crippen LogP contribution < -0.4 is 0 Å². The molecule has 0 fully saturated rings. The Hall–Kier alpha value is -3.21. The van der Waals surface area contributed by atoms with E-state index in [9.17, 15) is 34.6 Å². The fourth-order valence-electron chi connectivity index (χ4n) is 2.59. The summed E-state index contributed by atoms with van der Waals surface area (Å²) in [5, 5.41) is 32.6. The highest BCUT2D eigenvalue weighted by Crippen LogP contribution is 2.38. The van der Waals surface area contributed by atoms with Crippen molar-refractivity contribution in [1.29, 1.82) is 0 Å². The molecule has 0 bridgehead atoms. The van der Waals surface area contributed by atoms with E-state index in [-0.39, 0.29) is 10.5 Å². The molecule has 1 heterocycles. The number of rotatable bonds is 3. The van der Waals surface area contributed by atoms with Crippen molar-refractivity contribution < 1.29 is 19.0 Å². The molecule has 10 nitrogen and oxygen atoms in total. The molecule has 3 rings (SSSR count). The molecule has 0 aromatic heterocycles. The molecular weight excluding hydrogens is 342 g/mol. The van der Waals surface area contributed by atoms with Gasteiger partial charge in [0, 0.05) is 4.92 Å². The molecule has 1 aliphatic rings. The quantitative estimate of drug-likeness (QED) is 0.606. The number of nitro groups is 3. The van der Waals surface area contributed by atoms with E-state index in [1.807, 2.05) is 0 Å². The maximum Gasteiger partial charge on any atom is 0.410 e. The Morgan fingerprint density at radius 3 is 2.00 bits per heavy atom. The fraction of sp³-hybridized carbons (Fsp3) is 0.0769. The summed E-state index contributed by atoms with van der Waals surface area (Å²) in [5.41, 5.74) is -2.50. The van der Waals surface area contributed by atoms with Gasteiger partial charge in [-0.3, -0.25) is 30.3 Å². The molecule has 122 valence electrons. The molecule has 0 spiro atoms. The zero-order chi connectivity index (χ0) is 17.6. The lowest BCUT2D eigenvalue weighted by Crippen LogP contribution is -2.36. The third kappa shape index (κ3) is 2.22. The van der Waals surface area contributed by atoms with E-state index >= 15 is 0 Å². The molecule has 0 amide bonds. The minimum absolute atomic E-state index is 0.160. The van der Waals surface area contributed by atoms with Crippen LogP contribution in [0.5, 0.6) is 0 Å². The largest absolute Gasteiger partial charge is 0.410 e. The molecule has 0 N–H and O–H groups in total. The number of benzene rings is 2. The molecule has 2 aromatic rings. The highest BCUT2D eigenvalue weighted by Gasteiger charge is 2.54. The maximum atomic E-state index is 12.5. The van der Waals surface area contributed by atoms with Crippen molar-refractivity contribution in [3.8, 4) is 0 Å². The molecule has 11 heteroatoms. The first kappa shape index (κ1) is 15.7. The van der Waals surface area contributed by atoms with E-state index in [0.29, 0.717) is 10.8 Å². The van der Waals surface area contributed by atoms with Gasteiger partial charge in [-0.25, -0.2) is 4.21 Å². The van der Waals surface area contributed by atoms with E-state index in [1.54, 1.807) is 24.3 Å². The van der Waals surface area contributed by atoms with Gasteiger partial charge in [-0.15, -0.1) is 0 Å². The highest BCUT2D eigenvalue weighted by atomic mass is 32.2. The standard InChI is InChI=1S/C13H7N3O7S/c17-14(18)11-9-5-7-3-1-2-4-8(7)6-10(9)24(23)13(16(21)22)12(11)15(19)20/h1-6,13H. The number of hydrogen-bond donors (Lipinski definition) is 0. The first-order valence-electron chi connectivity index (χ1n) is 6.43. The second-order valence-electron chi connectivity index (χ2n) is 4.88. The topological polar surface area (TPSA) is 146 Å². The van der Waals surface area contributed by atoms with Crippen molar-refractivity contribution in [2.75, 3.05) is 0 Å². The Labute approximate surface area is 135 Å². The summed E-state index contributed by atoms with van der Waals surface area (Å²) < 4.78 is 12.5. The van der Waals surface area contributed by atoms with Crippen LogP contribution in [-0.2, 0) is 10.8 Å². The first-order valence-corrected chi connectivity index (χ1v) is 7.64. The summed E-state index contributed by atoms with van der Waals surface area (Å²) >= 11 is 0. The molecule has 0 saturated carbocycles. The van der Waals surface area contributed by atoms with Crippen LogP contribution in [0.2, 0.25) is 0 Å². The smallest absolute Gasteiger partial charge is 0.263 e. The van der Waals surface area contributed by atoms with Gasteiger partial charge in [-0.05, 0) is 22.9 Å². The van der Waals surface area contributed by atoms with Crippen LogP contribution in [0.4, 0.5) is 0 Å². The minimum Gasteiger partial charge on any atom is -0.263 e. The first-order chi connectivity index (χ1) is 11.3. The highest BCUT2D eigenvalue weighted by molar-refractivity contribution is 7.85. The van der Waals surface area contributed by atoms with Crippen LogP contribution in [0.15, 0.2) is 47.0 Å². The predicted molar refractivity (Wildman–Crippen MR) is 82.0 cm³/mol. The average Bonchev–Trinajstić information content (AvgIpc) is 2.52. The summed E-state index contributed by atoms with van der Waals surface area (Å²) in [4.78, 5) is 30.2. The van der Waals surface area contributed by atoms with E-state index in [0.717, 1.165) is 0 Å².